The van der Waals surface area contributed by atoms with Crippen LogP contribution >= 0.6 is 31.9 Å². The Hall–Kier alpha value is -2.10. The van der Waals surface area contributed by atoms with Crippen LogP contribution in [0.2, 0.25) is 0 Å². The van der Waals surface area contributed by atoms with Crippen molar-refractivity contribution in [2.75, 3.05) is 0 Å². The molecule has 0 amide bonds. The fourth-order valence-corrected chi connectivity index (χ4v) is 4.58. The van der Waals surface area contributed by atoms with E-state index in [0.29, 0.717) is 0 Å². The summed E-state index contributed by atoms with van der Waals surface area (Å²) in [6.07, 6.45) is 0.824. The first kappa shape index (κ1) is 19.2. The van der Waals surface area contributed by atoms with Crippen LogP contribution < -0.4 is 0 Å². The van der Waals surface area contributed by atoms with Gasteiger partial charge in [-0.3, -0.25) is 0 Å². The number of furan rings is 1. The fraction of sp³-hybridized carbons (Fsp3) is 0.120. The van der Waals surface area contributed by atoms with Gasteiger partial charge < -0.3 is 4.42 Å². The highest BCUT2D eigenvalue weighted by molar-refractivity contribution is 9.10. The summed E-state index contributed by atoms with van der Waals surface area (Å²) in [5, 5.41) is 0. The maximum absolute atomic E-state index is 6.43. The molecule has 1 unspecified atom stereocenters. The van der Waals surface area contributed by atoms with Crippen molar-refractivity contribution in [2.45, 2.75) is 18.2 Å². The Morgan fingerprint density at radius 2 is 1.32 bits per heavy atom. The molecule has 0 aliphatic rings. The quantitative estimate of drug-likeness (QED) is 0.253. The molecule has 1 aromatic heterocycles. The number of rotatable bonds is 5. The van der Waals surface area contributed by atoms with E-state index in [1.165, 1.54) is 16.7 Å². The molecule has 0 saturated heterocycles. The monoisotopic (exact) mass is 494 g/mol. The molecule has 1 atom stereocenters. The zero-order chi connectivity index (χ0) is 19.5. The van der Waals surface area contributed by atoms with Gasteiger partial charge in [-0.1, -0.05) is 106 Å². The summed E-state index contributed by atoms with van der Waals surface area (Å²) < 4.78 is 7.45. The summed E-state index contributed by atoms with van der Waals surface area (Å²) in [4.78, 5) is 0.205. The largest absolute Gasteiger partial charge is 0.455 e. The molecule has 0 bridgehead atoms. The molecule has 140 valence electrons. The minimum Gasteiger partial charge on any atom is -0.455 e. The molecule has 0 saturated carbocycles. The summed E-state index contributed by atoms with van der Waals surface area (Å²) in [6, 6.07) is 29.3. The molecular weight excluding hydrogens is 476 g/mol. The molecule has 28 heavy (non-hydrogen) atoms. The van der Waals surface area contributed by atoms with Crippen LogP contribution in [-0.4, -0.2) is 0 Å². The molecule has 3 aromatic carbocycles. The van der Waals surface area contributed by atoms with Crippen LogP contribution in [0.3, 0.4) is 0 Å². The second-order valence-electron chi connectivity index (χ2n) is 6.87. The summed E-state index contributed by atoms with van der Waals surface area (Å²) in [5.41, 5.74) is 5.83. The van der Waals surface area contributed by atoms with Crippen LogP contribution in [0.4, 0.5) is 0 Å². The summed E-state index contributed by atoms with van der Waals surface area (Å²) in [5.74, 6) is 1.80. The van der Waals surface area contributed by atoms with Crippen LogP contribution in [0.15, 0.2) is 93.8 Å². The highest BCUT2D eigenvalue weighted by Gasteiger charge is 2.23. The number of alkyl halides is 1. The summed E-state index contributed by atoms with van der Waals surface area (Å²) >= 11 is 7.72. The Kier molecular flexibility index (Phi) is 5.84. The van der Waals surface area contributed by atoms with Crippen LogP contribution in [0.1, 0.15) is 21.5 Å². The third-order valence-corrected chi connectivity index (χ3v) is 6.53. The van der Waals surface area contributed by atoms with E-state index in [-0.39, 0.29) is 4.83 Å². The normalized spacial score (nSPS) is 12.1. The van der Waals surface area contributed by atoms with Gasteiger partial charge in [-0.2, -0.15) is 0 Å². The van der Waals surface area contributed by atoms with Gasteiger partial charge >= 0.3 is 0 Å². The lowest BCUT2D eigenvalue weighted by Gasteiger charge is -2.11. The predicted molar refractivity (Wildman–Crippen MR) is 124 cm³/mol. The highest BCUT2D eigenvalue weighted by atomic mass is 79.9. The Balaban J connectivity index is 1.80. The molecular formula is C25H20Br2O. The second-order valence-corrected chi connectivity index (χ2v) is 8.77. The zero-order valence-electron chi connectivity index (χ0n) is 15.5. The van der Waals surface area contributed by atoms with Gasteiger partial charge in [-0.15, -0.1) is 0 Å². The first-order valence-electron chi connectivity index (χ1n) is 9.26. The molecule has 1 nitrogen and oxygen atoms in total. The third-order valence-electron chi connectivity index (χ3n) is 4.84. The van der Waals surface area contributed by atoms with Crippen molar-refractivity contribution >= 4 is 31.9 Å². The van der Waals surface area contributed by atoms with Crippen LogP contribution in [0.25, 0.3) is 22.6 Å². The standard InChI is InChI=1S/C25H20Br2O/c1-17-12-14-20(15-13-17)25-23(27)21(16-22(26)18-8-4-2-5-9-18)24(28-25)19-10-6-3-7-11-19/h2-15,22H,16H2,1H3. The van der Waals surface area contributed by atoms with E-state index in [4.69, 9.17) is 4.42 Å². The molecule has 0 aliphatic heterocycles. The van der Waals surface area contributed by atoms with E-state index in [1.807, 2.05) is 24.3 Å². The Morgan fingerprint density at radius 1 is 0.750 bits per heavy atom. The lowest BCUT2D eigenvalue weighted by molar-refractivity contribution is 0.593. The predicted octanol–water partition coefficient (Wildman–Crippen LogP) is 8.36. The number of aryl methyl sites for hydroxylation is 1. The van der Waals surface area contributed by atoms with E-state index in [9.17, 15) is 0 Å². The van der Waals surface area contributed by atoms with Gasteiger partial charge in [0.2, 0.25) is 0 Å². The smallest absolute Gasteiger partial charge is 0.149 e. The first-order valence-corrected chi connectivity index (χ1v) is 11.0. The molecule has 1 heterocycles. The van der Waals surface area contributed by atoms with Gasteiger partial charge in [0.1, 0.15) is 11.5 Å². The molecule has 0 N–H and O–H groups in total. The van der Waals surface area contributed by atoms with Crippen molar-refractivity contribution in [1.29, 1.82) is 0 Å². The van der Waals surface area contributed by atoms with E-state index in [2.05, 4.69) is 99.4 Å². The van der Waals surface area contributed by atoms with Crippen molar-refractivity contribution < 1.29 is 4.42 Å². The Bertz CT molecular complexity index is 1050. The molecule has 0 spiro atoms. The average molecular weight is 496 g/mol. The highest BCUT2D eigenvalue weighted by Crippen LogP contribution is 2.43. The maximum atomic E-state index is 6.43. The van der Waals surface area contributed by atoms with Gasteiger partial charge in [-0.05, 0) is 34.8 Å². The molecule has 0 fully saturated rings. The van der Waals surface area contributed by atoms with Gasteiger partial charge in [0, 0.05) is 21.5 Å². The van der Waals surface area contributed by atoms with Crippen molar-refractivity contribution in [2.24, 2.45) is 0 Å². The van der Waals surface area contributed by atoms with Gasteiger partial charge in [0.05, 0.1) is 4.47 Å². The second kappa shape index (κ2) is 8.50. The number of benzene rings is 3. The molecule has 4 aromatic rings. The van der Waals surface area contributed by atoms with Crippen LogP contribution in [0.5, 0.6) is 0 Å². The van der Waals surface area contributed by atoms with E-state index in [1.54, 1.807) is 0 Å². The van der Waals surface area contributed by atoms with Gasteiger partial charge in [0.15, 0.2) is 0 Å². The average Bonchev–Trinajstić information content (AvgIpc) is 3.06. The molecule has 3 heteroatoms. The number of halogens is 2. The lowest BCUT2D eigenvalue weighted by atomic mass is 10.0. The Labute approximate surface area is 182 Å². The van der Waals surface area contributed by atoms with Crippen molar-refractivity contribution in [3.8, 4) is 22.6 Å². The minimum atomic E-state index is 0.205. The first-order chi connectivity index (χ1) is 13.6. The third kappa shape index (κ3) is 4.01. The number of hydrogen-bond acceptors (Lipinski definition) is 1. The number of hydrogen-bond donors (Lipinski definition) is 0. The Morgan fingerprint density at radius 3 is 1.96 bits per heavy atom. The van der Waals surface area contributed by atoms with Crippen molar-refractivity contribution in [1.82, 2.24) is 0 Å². The maximum Gasteiger partial charge on any atom is 0.149 e. The fourth-order valence-electron chi connectivity index (χ4n) is 3.30. The minimum absolute atomic E-state index is 0.205. The zero-order valence-corrected chi connectivity index (χ0v) is 18.7. The van der Waals surface area contributed by atoms with E-state index < -0.39 is 0 Å². The van der Waals surface area contributed by atoms with E-state index in [0.717, 1.165) is 33.5 Å². The van der Waals surface area contributed by atoms with Crippen LogP contribution in [-0.2, 0) is 6.42 Å². The van der Waals surface area contributed by atoms with E-state index >= 15 is 0 Å². The molecule has 0 radical (unpaired) electrons. The van der Waals surface area contributed by atoms with Crippen molar-refractivity contribution in [3.63, 3.8) is 0 Å². The van der Waals surface area contributed by atoms with Gasteiger partial charge in [-0.25, -0.2) is 0 Å². The molecule has 4 rings (SSSR count). The SMILES string of the molecule is Cc1ccc(-c2oc(-c3ccccc3)c(CC(Br)c3ccccc3)c2Br)cc1. The molecule has 0 aliphatic carbocycles. The lowest BCUT2D eigenvalue weighted by Crippen LogP contribution is -1.96. The summed E-state index contributed by atoms with van der Waals surface area (Å²) in [7, 11) is 0. The topological polar surface area (TPSA) is 13.1 Å². The summed E-state index contributed by atoms with van der Waals surface area (Å²) in [6.45, 7) is 2.09. The van der Waals surface area contributed by atoms with Gasteiger partial charge in [0.25, 0.3) is 0 Å². The van der Waals surface area contributed by atoms with Crippen molar-refractivity contribution in [3.05, 3.63) is 106 Å². The van der Waals surface area contributed by atoms with Crippen LogP contribution in [0, 0.1) is 6.92 Å².